The molecule has 0 aromatic heterocycles. The predicted octanol–water partition coefficient (Wildman–Crippen LogP) is 1.15. The van der Waals surface area contributed by atoms with Gasteiger partial charge < -0.3 is 19.7 Å². The Balaban J connectivity index is 2.34. The number of alkyl carbamates (subject to hydrolysis) is 1. The Labute approximate surface area is 114 Å². The summed E-state index contributed by atoms with van der Waals surface area (Å²) in [6.07, 6.45) is 0.478. The van der Waals surface area contributed by atoms with Crippen molar-refractivity contribution in [1.29, 1.82) is 0 Å². The van der Waals surface area contributed by atoms with Gasteiger partial charge in [0.05, 0.1) is 12.6 Å². The molecule has 1 N–H and O–H groups in total. The Morgan fingerprint density at radius 2 is 1.89 bits per heavy atom. The van der Waals surface area contributed by atoms with Gasteiger partial charge in [-0.2, -0.15) is 0 Å². The third-order valence-corrected chi connectivity index (χ3v) is 2.71. The molecule has 0 aliphatic carbocycles. The molecule has 19 heavy (non-hydrogen) atoms. The highest BCUT2D eigenvalue weighted by Crippen LogP contribution is 2.16. The van der Waals surface area contributed by atoms with Crippen LogP contribution in [0, 0.1) is 0 Å². The lowest BCUT2D eigenvalue weighted by molar-refractivity contribution is -0.144. The first kappa shape index (κ1) is 15.8. The van der Waals surface area contributed by atoms with E-state index in [0.29, 0.717) is 19.4 Å². The van der Waals surface area contributed by atoms with Crippen LogP contribution in [0.2, 0.25) is 0 Å². The van der Waals surface area contributed by atoms with Gasteiger partial charge in [-0.05, 0) is 33.6 Å². The second-order valence-corrected chi connectivity index (χ2v) is 5.98. The van der Waals surface area contributed by atoms with Crippen LogP contribution in [0.1, 0.15) is 33.6 Å². The summed E-state index contributed by atoms with van der Waals surface area (Å²) in [5.41, 5.74) is -0.511. The predicted molar refractivity (Wildman–Crippen MR) is 70.8 cm³/mol. The monoisotopic (exact) mass is 272 g/mol. The molecule has 1 rings (SSSR count). The van der Waals surface area contributed by atoms with Crippen LogP contribution in [0.5, 0.6) is 0 Å². The van der Waals surface area contributed by atoms with Crippen molar-refractivity contribution in [3.63, 3.8) is 0 Å². The maximum absolute atomic E-state index is 11.7. The molecule has 1 fully saturated rings. The first-order chi connectivity index (χ1) is 8.69. The molecule has 6 nitrogen and oxygen atoms in total. The largest absolute Gasteiger partial charge is 0.444 e. The maximum atomic E-state index is 11.7. The van der Waals surface area contributed by atoms with Gasteiger partial charge >= 0.3 is 6.09 Å². The van der Waals surface area contributed by atoms with Crippen molar-refractivity contribution >= 4 is 12.0 Å². The Kier molecular flexibility index (Phi) is 5.17. The Morgan fingerprint density at radius 1 is 1.26 bits per heavy atom. The van der Waals surface area contributed by atoms with Crippen LogP contribution < -0.4 is 5.32 Å². The Morgan fingerprint density at radius 3 is 2.32 bits per heavy atom. The minimum atomic E-state index is -0.511. The SMILES string of the molecule is CN(C)C(=O)[C@@H]1CC[C@@H](NC(=O)OC(C)(C)C)CO1. The van der Waals surface area contributed by atoms with Gasteiger partial charge in [0.25, 0.3) is 5.91 Å². The Bertz CT molecular complexity index is 328. The van der Waals surface area contributed by atoms with Crippen LogP contribution in [0.15, 0.2) is 0 Å². The van der Waals surface area contributed by atoms with E-state index in [0.717, 1.165) is 0 Å². The molecule has 1 aliphatic heterocycles. The second kappa shape index (κ2) is 6.23. The van der Waals surface area contributed by atoms with Crippen molar-refractivity contribution in [2.45, 2.75) is 51.4 Å². The van der Waals surface area contributed by atoms with E-state index in [1.54, 1.807) is 14.1 Å². The zero-order valence-electron chi connectivity index (χ0n) is 12.4. The quantitative estimate of drug-likeness (QED) is 0.818. The molecule has 6 heteroatoms. The second-order valence-electron chi connectivity index (χ2n) is 5.98. The number of carbonyl (C=O) groups excluding carboxylic acids is 2. The molecule has 110 valence electrons. The number of hydrogen-bond acceptors (Lipinski definition) is 4. The molecular formula is C13H24N2O4. The minimum Gasteiger partial charge on any atom is -0.444 e. The highest BCUT2D eigenvalue weighted by atomic mass is 16.6. The van der Waals surface area contributed by atoms with E-state index >= 15 is 0 Å². The molecule has 0 aromatic rings. The number of amides is 2. The molecule has 0 spiro atoms. The average molecular weight is 272 g/mol. The third-order valence-electron chi connectivity index (χ3n) is 2.71. The van der Waals surface area contributed by atoms with Crippen LogP contribution >= 0.6 is 0 Å². The van der Waals surface area contributed by atoms with Gasteiger partial charge in [0, 0.05) is 14.1 Å². The van der Waals surface area contributed by atoms with E-state index in [9.17, 15) is 9.59 Å². The van der Waals surface area contributed by atoms with E-state index in [2.05, 4.69) is 5.32 Å². The van der Waals surface area contributed by atoms with E-state index in [4.69, 9.17) is 9.47 Å². The average Bonchev–Trinajstić information content (AvgIpc) is 2.26. The number of carbonyl (C=O) groups is 2. The fourth-order valence-electron chi connectivity index (χ4n) is 1.82. The van der Waals surface area contributed by atoms with Crippen molar-refractivity contribution in [3.8, 4) is 0 Å². The molecule has 0 unspecified atom stereocenters. The van der Waals surface area contributed by atoms with Crippen LogP contribution in [0.25, 0.3) is 0 Å². The molecule has 1 aliphatic rings. The lowest BCUT2D eigenvalue weighted by atomic mass is 10.0. The number of likely N-dealkylation sites (N-methyl/N-ethyl adjacent to an activating group) is 1. The van der Waals surface area contributed by atoms with Crippen molar-refractivity contribution in [2.24, 2.45) is 0 Å². The molecule has 2 atom stereocenters. The van der Waals surface area contributed by atoms with Crippen LogP contribution in [0.3, 0.4) is 0 Å². The van der Waals surface area contributed by atoms with Crippen LogP contribution in [-0.4, -0.2) is 55.3 Å². The summed E-state index contributed by atoms with van der Waals surface area (Å²) in [5, 5.41) is 2.75. The lowest BCUT2D eigenvalue weighted by Crippen LogP contribution is -2.47. The smallest absolute Gasteiger partial charge is 0.407 e. The van der Waals surface area contributed by atoms with E-state index < -0.39 is 17.8 Å². The highest BCUT2D eigenvalue weighted by molar-refractivity contribution is 5.80. The van der Waals surface area contributed by atoms with Gasteiger partial charge in [-0.25, -0.2) is 4.79 Å². The highest BCUT2D eigenvalue weighted by Gasteiger charge is 2.29. The van der Waals surface area contributed by atoms with Crippen LogP contribution in [-0.2, 0) is 14.3 Å². The number of hydrogen-bond donors (Lipinski definition) is 1. The zero-order valence-corrected chi connectivity index (χ0v) is 12.4. The van der Waals surface area contributed by atoms with Crippen molar-refractivity contribution in [3.05, 3.63) is 0 Å². The van der Waals surface area contributed by atoms with Gasteiger partial charge in [-0.15, -0.1) is 0 Å². The molecule has 0 bridgehead atoms. The van der Waals surface area contributed by atoms with Gasteiger partial charge in [0.15, 0.2) is 0 Å². The van der Waals surface area contributed by atoms with Gasteiger partial charge in [0.2, 0.25) is 0 Å². The van der Waals surface area contributed by atoms with Gasteiger partial charge in [-0.3, -0.25) is 4.79 Å². The summed E-state index contributed by atoms with van der Waals surface area (Å²) < 4.78 is 10.7. The van der Waals surface area contributed by atoms with Gasteiger partial charge in [0.1, 0.15) is 11.7 Å². The van der Waals surface area contributed by atoms with Crippen molar-refractivity contribution in [2.75, 3.05) is 20.7 Å². The third kappa shape index (κ3) is 5.46. The lowest BCUT2D eigenvalue weighted by Gasteiger charge is -2.30. The number of ether oxygens (including phenoxy) is 2. The standard InChI is InChI=1S/C13H24N2O4/c1-13(2,3)19-12(17)14-9-6-7-10(18-8-9)11(16)15(4)5/h9-10H,6-8H2,1-5H3,(H,14,17)/t9-,10+/m1/s1. The zero-order chi connectivity index (χ0) is 14.6. The molecule has 2 amide bonds. The van der Waals surface area contributed by atoms with E-state index in [-0.39, 0.29) is 11.9 Å². The summed E-state index contributed by atoms with van der Waals surface area (Å²) in [6, 6.07) is -0.0962. The molecule has 0 aromatic carbocycles. The molecule has 0 saturated carbocycles. The van der Waals surface area contributed by atoms with Gasteiger partial charge in [-0.1, -0.05) is 0 Å². The number of nitrogens with one attached hydrogen (secondary N) is 1. The summed E-state index contributed by atoms with van der Waals surface area (Å²) in [5.74, 6) is -0.0317. The van der Waals surface area contributed by atoms with Crippen LogP contribution in [0.4, 0.5) is 4.79 Å². The molecule has 0 radical (unpaired) electrons. The summed E-state index contributed by atoms with van der Waals surface area (Å²) >= 11 is 0. The first-order valence-electron chi connectivity index (χ1n) is 6.51. The topological polar surface area (TPSA) is 67.9 Å². The van der Waals surface area contributed by atoms with Crippen molar-refractivity contribution < 1.29 is 19.1 Å². The number of rotatable bonds is 2. The fourth-order valence-corrected chi connectivity index (χ4v) is 1.82. The van der Waals surface area contributed by atoms with E-state index in [1.807, 2.05) is 20.8 Å². The molecule has 1 heterocycles. The van der Waals surface area contributed by atoms with Crippen molar-refractivity contribution in [1.82, 2.24) is 10.2 Å². The number of nitrogens with zero attached hydrogens (tertiary/aromatic N) is 1. The van der Waals surface area contributed by atoms with E-state index in [1.165, 1.54) is 4.90 Å². The normalized spacial score (nSPS) is 23.6. The summed E-state index contributed by atoms with van der Waals surface area (Å²) in [6.45, 7) is 5.78. The fraction of sp³-hybridized carbons (Fsp3) is 0.846. The first-order valence-corrected chi connectivity index (χ1v) is 6.51. The molecular weight excluding hydrogens is 248 g/mol. The Hall–Kier alpha value is -1.30. The molecule has 1 saturated heterocycles. The summed E-state index contributed by atoms with van der Waals surface area (Å²) in [4.78, 5) is 24.8. The maximum Gasteiger partial charge on any atom is 0.407 e. The minimum absolute atomic E-state index is 0.0317. The summed E-state index contributed by atoms with van der Waals surface area (Å²) in [7, 11) is 3.41.